The fourth-order valence-corrected chi connectivity index (χ4v) is 5.58. The predicted octanol–water partition coefficient (Wildman–Crippen LogP) is 3.67. The van der Waals surface area contributed by atoms with Gasteiger partial charge in [0.05, 0.1) is 23.1 Å². The maximum absolute atomic E-state index is 12.9. The fraction of sp³-hybridized carbons (Fsp3) is 0.333. The summed E-state index contributed by atoms with van der Waals surface area (Å²) >= 11 is 5.88. The van der Waals surface area contributed by atoms with Crippen molar-refractivity contribution in [3.8, 4) is 0 Å². The highest BCUT2D eigenvalue weighted by Crippen LogP contribution is 2.56. The molecule has 2 aromatic rings. The quantitative estimate of drug-likeness (QED) is 0.552. The van der Waals surface area contributed by atoms with Crippen LogP contribution in [0, 0.1) is 23.7 Å². The van der Waals surface area contributed by atoms with Gasteiger partial charge in [0.15, 0.2) is 6.61 Å². The Labute approximate surface area is 189 Å². The van der Waals surface area contributed by atoms with Crippen LogP contribution >= 0.6 is 11.6 Å². The molecule has 1 N–H and O–H groups in total. The van der Waals surface area contributed by atoms with Gasteiger partial charge in [0.1, 0.15) is 0 Å². The molecule has 1 aliphatic heterocycles. The zero-order valence-electron chi connectivity index (χ0n) is 17.1. The number of anilines is 2. The monoisotopic (exact) mass is 452 g/mol. The normalized spacial score (nSPS) is 25.7. The number of amides is 3. The number of halogens is 1. The van der Waals surface area contributed by atoms with Gasteiger partial charge in [-0.25, -0.2) is 4.79 Å². The number of rotatable bonds is 5. The number of benzene rings is 2. The Kier molecular flexibility index (Phi) is 5.21. The first-order chi connectivity index (χ1) is 15.4. The minimum Gasteiger partial charge on any atom is -0.452 e. The number of ether oxygens (including phenoxy) is 1. The minimum absolute atomic E-state index is 0.125. The molecule has 7 nitrogen and oxygen atoms in total. The third-order valence-corrected chi connectivity index (χ3v) is 6.97. The smallest absolute Gasteiger partial charge is 0.338 e. The predicted molar refractivity (Wildman–Crippen MR) is 117 cm³/mol. The zero-order chi connectivity index (χ0) is 22.4. The van der Waals surface area contributed by atoms with Crippen LogP contribution in [-0.2, 0) is 19.1 Å². The first kappa shape index (κ1) is 20.7. The lowest BCUT2D eigenvalue weighted by Crippen LogP contribution is -2.32. The third-order valence-electron chi connectivity index (χ3n) is 6.73. The van der Waals surface area contributed by atoms with E-state index in [9.17, 15) is 19.2 Å². The SMILES string of the molecule is O=C(COC(=O)c1ccc(N2C(=O)[C@@H]3[C@H]4CC[C@@H](C4)[C@H]3C2=O)cc1)Nc1cccc(Cl)c1. The van der Waals surface area contributed by atoms with Gasteiger partial charge in [0.2, 0.25) is 11.8 Å². The molecule has 2 aromatic carbocycles. The van der Waals surface area contributed by atoms with E-state index >= 15 is 0 Å². The van der Waals surface area contributed by atoms with Crippen LogP contribution in [0.15, 0.2) is 48.5 Å². The Hall–Kier alpha value is -3.19. The molecule has 0 spiro atoms. The Morgan fingerprint density at radius 3 is 2.28 bits per heavy atom. The van der Waals surface area contributed by atoms with Gasteiger partial charge in [-0.2, -0.15) is 0 Å². The van der Waals surface area contributed by atoms with Crippen LogP contribution in [0.25, 0.3) is 0 Å². The van der Waals surface area contributed by atoms with E-state index in [1.165, 1.54) is 17.0 Å². The lowest BCUT2D eigenvalue weighted by Gasteiger charge is -2.19. The van der Waals surface area contributed by atoms with E-state index in [4.69, 9.17) is 16.3 Å². The zero-order valence-corrected chi connectivity index (χ0v) is 17.9. The summed E-state index contributed by atoms with van der Waals surface area (Å²) in [7, 11) is 0. The van der Waals surface area contributed by atoms with E-state index < -0.39 is 18.5 Å². The second kappa shape index (κ2) is 8.06. The summed E-state index contributed by atoms with van der Waals surface area (Å²) in [5, 5.41) is 3.07. The summed E-state index contributed by atoms with van der Waals surface area (Å²) in [4.78, 5) is 51.4. The molecular weight excluding hydrogens is 432 g/mol. The highest BCUT2D eigenvalue weighted by Gasteiger charge is 2.61. The van der Waals surface area contributed by atoms with E-state index in [2.05, 4.69) is 5.32 Å². The molecule has 0 aromatic heterocycles. The molecule has 3 aliphatic rings. The van der Waals surface area contributed by atoms with Crippen LogP contribution in [0.1, 0.15) is 29.6 Å². The summed E-state index contributed by atoms with van der Waals surface area (Å²) in [6.07, 6.45) is 3.03. The van der Waals surface area contributed by atoms with Crippen molar-refractivity contribution in [1.82, 2.24) is 0 Å². The Morgan fingerprint density at radius 1 is 1.00 bits per heavy atom. The fourth-order valence-electron chi connectivity index (χ4n) is 5.39. The third kappa shape index (κ3) is 3.56. The molecule has 32 heavy (non-hydrogen) atoms. The van der Waals surface area contributed by atoms with E-state index in [0.717, 1.165) is 19.3 Å². The molecule has 2 bridgehead atoms. The molecule has 164 valence electrons. The highest BCUT2D eigenvalue weighted by atomic mass is 35.5. The summed E-state index contributed by atoms with van der Waals surface area (Å²) < 4.78 is 5.07. The average molecular weight is 453 g/mol. The van der Waals surface area contributed by atoms with Crippen LogP contribution in [-0.4, -0.2) is 30.3 Å². The number of imide groups is 1. The molecule has 1 saturated heterocycles. The largest absolute Gasteiger partial charge is 0.452 e. The molecular formula is C24H21ClN2O5. The van der Waals surface area contributed by atoms with Gasteiger partial charge in [0.25, 0.3) is 5.91 Å². The first-order valence-electron chi connectivity index (χ1n) is 10.6. The van der Waals surface area contributed by atoms with Crippen molar-refractivity contribution in [2.75, 3.05) is 16.8 Å². The first-order valence-corrected chi connectivity index (χ1v) is 11.0. The van der Waals surface area contributed by atoms with Gasteiger partial charge in [-0.05, 0) is 73.6 Å². The van der Waals surface area contributed by atoms with Gasteiger partial charge in [-0.3, -0.25) is 19.3 Å². The average Bonchev–Trinajstić information content (AvgIpc) is 3.46. The van der Waals surface area contributed by atoms with Gasteiger partial charge < -0.3 is 10.1 Å². The van der Waals surface area contributed by atoms with Crippen LogP contribution in [0.5, 0.6) is 0 Å². The van der Waals surface area contributed by atoms with Crippen LogP contribution in [0.3, 0.4) is 0 Å². The number of carbonyl (C=O) groups excluding carboxylic acids is 4. The van der Waals surface area contributed by atoms with Crippen molar-refractivity contribution in [2.24, 2.45) is 23.7 Å². The van der Waals surface area contributed by atoms with E-state index in [1.54, 1.807) is 36.4 Å². The van der Waals surface area contributed by atoms with Gasteiger partial charge in [0, 0.05) is 10.7 Å². The molecule has 5 rings (SSSR count). The number of esters is 1. The van der Waals surface area contributed by atoms with Gasteiger partial charge >= 0.3 is 5.97 Å². The van der Waals surface area contributed by atoms with Crippen molar-refractivity contribution >= 4 is 46.7 Å². The maximum Gasteiger partial charge on any atom is 0.338 e. The summed E-state index contributed by atoms with van der Waals surface area (Å²) in [6, 6.07) is 12.8. The van der Waals surface area contributed by atoms with Gasteiger partial charge in [-0.15, -0.1) is 0 Å². The summed E-state index contributed by atoms with van der Waals surface area (Å²) in [5.41, 5.74) is 1.19. The van der Waals surface area contributed by atoms with Gasteiger partial charge in [-0.1, -0.05) is 17.7 Å². The molecule has 3 fully saturated rings. The second-order valence-corrected chi connectivity index (χ2v) is 9.01. The Bertz CT molecular complexity index is 1090. The van der Waals surface area contributed by atoms with E-state index in [0.29, 0.717) is 28.2 Å². The number of carbonyl (C=O) groups is 4. The molecule has 4 atom stereocenters. The van der Waals surface area contributed by atoms with Crippen molar-refractivity contribution in [3.63, 3.8) is 0 Å². The number of fused-ring (bicyclic) bond motifs is 5. The number of nitrogens with one attached hydrogen (secondary N) is 1. The van der Waals surface area contributed by atoms with Crippen molar-refractivity contribution in [1.29, 1.82) is 0 Å². The molecule has 0 radical (unpaired) electrons. The topological polar surface area (TPSA) is 92.8 Å². The lowest BCUT2D eigenvalue weighted by atomic mass is 9.81. The number of hydrogen-bond donors (Lipinski definition) is 1. The summed E-state index contributed by atoms with van der Waals surface area (Å²) in [6.45, 7) is -0.456. The lowest BCUT2D eigenvalue weighted by molar-refractivity contribution is -0.123. The van der Waals surface area contributed by atoms with Crippen molar-refractivity contribution < 1.29 is 23.9 Å². The minimum atomic E-state index is -0.674. The maximum atomic E-state index is 12.9. The number of nitrogens with zero attached hydrogens (tertiary/aromatic N) is 1. The Morgan fingerprint density at radius 2 is 1.66 bits per heavy atom. The molecule has 1 heterocycles. The summed E-state index contributed by atoms with van der Waals surface area (Å²) in [5.74, 6) is -1.16. The highest BCUT2D eigenvalue weighted by molar-refractivity contribution is 6.30. The molecule has 8 heteroatoms. The van der Waals surface area contributed by atoms with E-state index in [1.807, 2.05) is 0 Å². The molecule has 2 saturated carbocycles. The van der Waals surface area contributed by atoms with Crippen molar-refractivity contribution in [3.05, 3.63) is 59.1 Å². The molecule has 0 unspecified atom stereocenters. The second-order valence-electron chi connectivity index (χ2n) is 8.58. The Balaban J connectivity index is 1.20. The number of hydrogen-bond acceptors (Lipinski definition) is 5. The van der Waals surface area contributed by atoms with Crippen LogP contribution in [0.4, 0.5) is 11.4 Å². The molecule has 3 amide bonds. The molecule has 2 aliphatic carbocycles. The van der Waals surface area contributed by atoms with Crippen molar-refractivity contribution in [2.45, 2.75) is 19.3 Å². The van der Waals surface area contributed by atoms with Crippen LogP contribution < -0.4 is 10.2 Å². The van der Waals surface area contributed by atoms with E-state index in [-0.39, 0.29) is 29.2 Å². The standard InChI is InChI=1S/C24H21ClN2O5/c25-16-2-1-3-17(11-16)26-19(28)12-32-24(31)13-6-8-18(9-7-13)27-22(29)20-14-4-5-15(10-14)21(20)23(27)30/h1-3,6-9,11,14-15,20-21H,4-5,10,12H2,(H,26,28)/t14-,15-,20+,21+/m0/s1. The van der Waals surface area contributed by atoms with Crippen LogP contribution in [0.2, 0.25) is 5.02 Å².